The summed E-state index contributed by atoms with van der Waals surface area (Å²) in [6.07, 6.45) is 2.97. The SMILES string of the molecule is CC(C)C1CCC(=O)C(CN2CCOCC2(C)C)C1. The van der Waals surface area contributed by atoms with Gasteiger partial charge in [0.1, 0.15) is 5.78 Å². The smallest absolute Gasteiger partial charge is 0.137 e. The molecular weight excluding hydrogens is 238 g/mol. The van der Waals surface area contributed by atoms with Crippen molar-refractivity contribution >= 4 is 5.78 Å². The molecule has 0 amide bonds. The zero-order valence-electron chi connectivity index (χ0n) is 12.9. The summed E-state index contributed by atoms with van der Waals surface area (Å²) in [7, 11) is 0. The second kappa shape index (κ2) is 5.92. The molecule has 0 aromatic rings. The number of ether oxygens (including phenoxy) is 1. The molecule has 2 fully saturated rings. The molecule has 2 aliphatic rings. The number of carbonyl (C=O) groups excluding carboxylic acids is 1. The topological polar surface area (TPSA) is 29.5 Å². The molecule has 3 nitrogen and oxygen atoms in total. The second-order valence-corrected chi connectivity index (χ2v) is 7.25. The first kappa shape index (κ1) is 15.0. The maximum Gasteiger partial charge on any atom is 0.137 e. The number of Topliss-reactive ketones (excluding diaryl/α,β-unsaturated/α-hetero) is 1. The minimum Gasteiger partial charge on any atom is -0.378 e. The Bertz CT molecular complexity index is 325. The normalized spacial score (nSPS) is 32.8. The molecule has 1 heterocycles. The Balaban J connectivity index is 1.98. The summed E-state index contributed by atoms with van der Waals surface area (Å²) in [6.45, 7) is 12.5. The molecule has 19 heavy (non-hydrogen) atoms. The summed E-state index contributed by atoms with van der Waals surface area (Å²) in [4.78, 5) is 14.6. The first-order valence-corrected chi connectivity index (χ1v) is 7.75. The first-order chi connectivity index (χ1) is 8.90. The molecule has 110 valence electrons. The van der Waals surface area contributed by atoms with Crippen molar-refractivity contribution in [2.45, 2.75) is 52.5 Å². The van der Waals surface area contributed by atoms with E-state index >= 15 is 0 Å². The summed E-state index contributed by atoms with van der Waals surface area (Å²) < 4.78 is 5.56. The third-order valence-electron chi connectivity index (χ3n) is 5.00. The van der Waals surface area contributed by atoms with Crippen LogP contribution in [0, 0.1) is 17.8 Å². The van der Waals surface area contributed by atoms with Gasteiger partial charge >= 0.3 is 0 Å². The van der Waals surface area contributed by atoms with Crippen LogP contribution in [-0.2, 0) is 9.53 Å². The standard InChI is InChI=1S/C16H29NO2/c1-12(2)13-5-6-15(18)14(9-13)10-17-7-8-19-11-16(17,3)4/h12-14H,5-11H2,1-4H3. The van der Waals surface area contributed by atoms with E-state index in [1.54, 1.807) is 0 Å². The third-order valence-corrected chi connectivity index (χ3v) is 5.00. The van der Waals surface area contributed by atoms with Gasteiger partial charge in [0, 0.05) is 31.0 Å². The highest BCUT2D eigenvalue weighted by atomic mass is 16.5. The van der Waals surface area contributed by atoms with E-state index in [1.165, 1.54) is 0 Å². The van der Waals surface area contributed by atoms with Crippen LogP contribution in [0.3, 0.4) is 0 Å². The van der Waals surface area contributed by atoms with Crippen LogP contribution in [0.25, 0.3) is 0 Å². The molecule has 3 heteroatoms. The monoisotopic (exact) mass is 267 g/mol. The van der Waals surface area contributed by atoms with Crippen molar-refractivity contribution in [1.82, 2.24) is 4.90 Å². The van der Waals surface area contributed by atoms with Crippen LogP contribution < -0.4 is 0 Å². The van der Waals surface area contributed by atoms with Gasteiger partial charge in [-0.25, -0.2) is 0 Å². The maximum atomic E-state index is 12.2. The summed E-state index contributed by atoms with van der Waals surface area (Å²) in [5.74, 6) is 2.16. The van der Waals surface area contributed by atoms with Gasteiger partial charge in [-0.1, -0.05) is 13.8 Å². The molecule has 1 aliphatic carbocycles. The number of nitrogens with zero attached hydrogens (tertiary/aromatic N) is 1. The second-order valence-electron chi connectivity index (χ2n) is 7.25. The summed E-state index contributed by atoms with van der Waals surface area (Å²) in [5, 5.41) is 0. The van der Waals surface area contributed by atoms with Crippen LogP contribution in [0.2, 0.25) is 0 Å². The molecule has 2 atom stereocenters. The Morgan fingerprint density at radius 1 is 1.42 bits per heavy atom. The van der Waals surface area contributed by atoms with Crippen LogP contribution in [0.15, 0.2) is 0 Å². The zero-order valence-corrected chi connectivity index (χ0v) is 12.9. The van der Waals surface area contributed by atoms with Gasteiger partial charge in [-0.2, -0.15) is 0 Å². The molecule has 0 spiro atoms. The van der Waals surface area contributed by atoms with Crippen LogP contribution in [0.1, 0.15) is 47.0 Å². The molecule has 2 rings (SSSR count). The van der Waals surface area contributed by atoms with E-state index in [1.807, 2.05) is 0 Å². The quantitative estimate of drug-likeness (QED) is 0.787. The average Bonchev–Trinajstić information content (AvgIpc) is 2.34. The van der Waals surface area contributed by atoms with Gasteiger partial charge in [0.25, 0.3) is 0 Å². The summed E-state index contributed by atoms with van der Waals surface area (Å²) in [6, 6.07) is 0. The maximum absolute atomic E-state index is 12.2. The van der Waals surface area contributed by atoms with E-state index in [2.05, 4.69) is 32.6 Å². The Hall–Kier alpha value is -0.410. The van der Waals surface area contributed by atoms with E-state index in [9.17, 15) is 4.79 Å². The summed E-state index contributed by atoms with van der Waals surface area (Å²) >= 11 is 0. The van der Waals surface area contributed by atoms with E-state index in [0.29, 0.717) is 11.7 Å². The number of ketones is 1. The fourth-order valence-electron chi connectivity index (χ4n) is 3.42. The summed E-state index contributed by atoms with van der Waals surface area (Å²) in [5.41, 5.74) is 0.0727. The lowest BCUT2D eigenvalue weighted by Crippen LogP contribution is -2.55. The predicted molar refractivity (Wildman–Crippen MR) is 77.1 cm³/mol. The number of hydrogen-bond acceptors (Lipinski definition) is 3. The van der Waals surface area contributed by atoms with Gasteiger partial charge in [-0.15, -0.1) is 0 Å². The number of rotatable bonds is 3. The van der Waals surface area contributed by atoms with E-state index in [4.69, 9.17) is 4.74 Å². The van der Waals surface area contributed by atoms with Gasteiger partial charge < -0.3 is 4.74 Å². The van der Waals surface area contributed by atoms with Crippen LogP contribution in [0.5, 0.6) is 0 Å². The molecular formula is C16H29NO2. The molecule has 1 aliphatic heterocycles. The van der Waals surface area contributed by atoms with Crippen molar-refractivity contribution in [3.8, 4) is 0 Å². The lowest BCUT2D eigenvalue weighted by molar-refractivity contribution is -0.129. The van der Waals surface area contributed by atoms with Crippen molar-refractivity contribution < 1.29 is 9.53 Å². The molecule has 0 aromatic carbocycles. The van der Waals surface area contributed by atoms with Gasteiger partial charge in [-0.05, 0) is 38.5 Å². The van der Waals surface area contributed by atoms with Gasteiger partial charge in [0.15, 0.2) is 0 Å². The van der Waals surface area contributed by atoms with Crippen LogP contribution in [-0.4, -0.2) is 42.5 Å². The third kappa shape index (κ3) is 3.57. The minimum absolute atomic E-state index is 0.0727. The Morgan fingerprint density at radius 3 is 2.79 bits per heavy atom. The average molecular weight is 267 g/mol. The molecule has 0 N–H and O–H groups in total. The Morgan fingerprint density at radius 2 is 2.16 bits per heavy atom. The molecule has 1 saturated carbocycles. The van der Waals surface area contributed by atoms with Crippen molar-refractivity contribution in [2.24, 2.45) is 17.8 Å². The molecule has 2 unspecified atom stereocenters. The minimum atomic E-state index is 0.0727. The first-order valence-electron chi connectivity index (χ1n) is 7.75. The van der Waals surface area contributed by atoms with E-state index in [0.717, 1.165) is 51.5 Å². The van der Waals surface area contributed by atoms with Crippen molar-refractivity contribution in [1.29, 1.82) is 0 Å². The van der Waals surface area contributed by atoms with E-state index in [-0.39, 0.29) is 11.5 Å². The zero-order chi connectivity index (χ0) is 14.0. The van der Waals surface area contributed by atoms with Gasteiger partial charge in [-0.3, -0.25) is 9.69 Å². The van der Waals surface area contributed by atoms with Gasteiger partial charge in [0.05, 0.1) is 13.2 Å². The number of hydrogen-bond donors (Lipinski definition) is 0. The molecule has 1 saturated heterocycles. The number of morpholine rings is 1. The van der Waals surface area contributed by atoms with Crippen LogP contribution >= 0.6 is 0 Å². The largest absolute Gasteiger partial charge is 0.378 e. The lowest BCUT2D eigenvalue weighted by Gasteiger charge is -2.44. The fourth-order valence-corrected chi connectivity index (χ4v) is 3.42. The highest BCUT2D eigenvalue weighted by Crippen LogP contribution is 2.33. The molecule has 0 bridgehead atoms. The number of carbonyl (C=O) groups is 1. The lowest BCUT2D eigenvalue weighted by atomic mass is 9.75. The Kier molecular flexibility index (Phi) is 4.67. The Labute approximate surface area is 117 Å². The van der Waals surface area contributed by atoms with Crippen molar-refractivity contribution in [2.75, 3.05) is 26.3 Å². The van der Waals surface area contributed by atoms with Crippen molar-refractivity contribution in [3.63, 3.8) is 0 Å². The molecule has 0 radical (unpaired) electrons. The van der Waals surface area contributed by atoms with Gasteiger partial charge in [0.2, 0.25) is 0 Å². The van der Waals surface area contributed by atoms with Crippen LogP contribution in [0.4, 0.5) is 0 Å². The van der Waals surface area contributed by atoms with Crippen molar-refractivity contribution in [3.05, 3.63) is 0 Å². The fraction of sp³-hybridized carbons (Fsp3) is 0.938. The highest BCUT2D eigenvalue weighted by Gasteiger charge is 2.36. The predicted octanol–water partition coefficient (Wildman–Crippen LogP) is 2.74. The van der Waals surface area contributed by atoms with E-state index < -0.39 is 0 Å². The highest BCUT2D eigenvalue weighted by molar-refractivity contribution is 5.82. The molecule has 0 aromatic heterocycles.